The lowest BCUT2D eigenvalue weighted by atomic mass is 9.97. The van der Waals surface area contributed by atoms with Crippen LogP contribution in [-0.2, 0) is 18.7 Å². The molecule has 0 fully saturated rings. The van der Waals surface area contributed by atoms with Gasteiger partial charge in [0.05, 0.1) is 6.42 Å². The van der Waals surface area contributed by atoms with Crippen LogP contribution in [-0.4, -0.2) is 37.5 Å². The first-order valence-electron chi connectivity index (χ1n) is 3.84. The van der Waals surface area contributed by atoms with Crippen LogP contribution < -0.4 is 0 Å². The highest BCUT2D eigenvalue weighted by atomic mass is 31.2. The van der Waals surface area contributed by atoms with Gasteiger partial charge in [0.1, 0.15) is 0 Å². The highest BCUT2D eigenvalue weighted by Crippen LogP contribution is 2.44. The number of aliphatic carboxylic acids is 2. The van der Waals surface area contributed by atoms with Gasteiger partial charge in [0.15, 0.2) is 5.60 Å². The Morgan fingerprint density at radius 3 is 2.00 bits per heavy atom. The third-order valence-corrected chi connectivity index (χ3v) is 2.28. The fraction of sp³-hybridized carbons (Fsp3) is 0.667. The van der Waals surface area contributed by atoms with Crippen molar-refractivity contribution < 1.29 is 38.7 Å². The van der Waals surface area contributed by atoms with Gasteiger partial charge in [-0.05, 0) is 6.42 Å². The molecule has 4 N–H and O–H groups in total. The summed E-state index contributed by atoms with van der Waals surface area (Å²) in [7, 11) is -5.06. The smallest absolute Gasteiger partial charge is 0.470 e. The second-order valence-corrected chi connectivity index (χ2v) is 3.97. The Hall–Kier alpha value is -0.950. The molecule has 0 saturated heterocycles. The molecule has 0 spiro atoms. The molecule has 0 aliphatic carbocycles. The van der Waals surface area contributed by atoms with Gasteiger partial charge >= 0.3 is 19.8 Å². The van der Waals surface area contributed by atoms with Crippen molar-refractivity contribution in [2.75, 3.05) is 0 Å². The molecule has 0 aromatic carbocycles. The molecule has 0 radical (unpaired) electrons. The van der Waals surface area contributed by atoms with E-state index in [-0.39, 0.29) is 6.42 Å². The molecule has 88 valence electrons. The van der Waals surface area contributed by atoms with Crippen LogP contribution in [0.15, 0.2) is 0 Å². The molecule has 0 aromatic heterocycles. The van der Waals surface area contributed by atoms with E-state index in [1.807, 2.05) is 0 Å². The van der Waals surface area contributed by atoms with E-state index in [0.717, 1.165) is 0 Å². The van der Waals surface area contributed by atoms with Crippen molar-refractivity contribution >= 4 is 19.8 Å². The maximum absolute atomic E-state index is 10.7. The molecule has 0 saturated carbocycles. The van der Waals surface area contributed by atoms with Gasteiger partial charge in [0, 0.05) is 0 Å². The molecule has 0 aliphatic rings. The minimum absolute atomic E-state index is 0.375. The number of rotatable bonds is 6. The molecule has 0 rings (SSSR count). The van der Waals surface area contributed by atoms with Gasteiger partial charge in [0.2, 0.25) is 0 Å². The molecule has 9 heteroatoms. The summed E-state index contributed by atoms with van der Waals surface area (Å²) in [4.78, 5) is 38.1. The molecular weight excluding hydrogens is 231 g/mol. The summed E-state index contributed by atoms with van der Waals surface area (Å²) in [5.41, 5.74) is -2.40. The molecule has 0 bridgehead atoms. The average Bonchev–Trinajstić information content (AvgIpc) is 1.98. The van der Waals surface area contributed by atoms with Gasteiger partial charge in [-0.15, -0.1) is 0 Å². The summed E-state index contributed by atoms with van der Waals surface area (Å²) in [6.07, 6.45) is -1.40. The lowest BCUT2D eigenvalue weighted by Crippen LogP contribution is -2.42. The van der Waals surface area contributed by atoms with Gasteiger partial charge in [-0.1, -0.05) is 6.92 Å². The summed E-state index contributed by atoms with van der Waals surface area (Å²) in [6.45, 7) is 1.26. The van der Waals surface area contributed by atoms with Crippen molar-refractivity contribution in [3.8, 4) is 0 Å². The molecule has 0 aliphatic heterocycles. The monoisotopic (exact) mass is 242 g/mol. The van der Waals surface area contributed by atoms with E-state index >= 15 is 0 Å². The minimum atomic E-state index is -5.06. The molecule has 15 heavy (non-hydrogen) atoms. The van der Waals surface area contributed by atoms with E-state index in [0.29, 0.717) is 0 Å². The quantitative estimate of drug-likeness (QED) is 0.469. The van der Waals surface area contributed by atoms with Crippen LogP contribution in [0.25, 0.3) is 0 Å². The fourth-order valence-electron chi connectivity index (χ4n) is 0.960. The molecule has 8 nitrogen and oxygen atoms in total. The number of carboxylic acid groups (broad SMARTS) is 2. The maximum Gasteiger partial charge on any atom is 0.470 e. The standard InChI is InChI=1S/C6H11O8P/c1-2-6(5(9)10,3-4(7)8)14-15(11,12)13/h2-3H2,1H3,(H,7,8)(H,9,10)(H2,11,12,13). The third-order valence-electron chi connectivity index (χ3n) is 1.69. The first-order valence-corrected chi connectivity index (χ1v) is 5.37. The van der Waals surface area contributed by atoms with Crippen molar-refractivity contribution in [2.24, 2.45) is 0 Å². The van der Waals surface area contributed by atoms with Crippen LogP contribution in [0.3, 0.4) is 0 Å². The zero-order valence-corrected chi connectivity index (χ0v) is 8.68. The Balaban J connectivity index is 5.07. The summed E-state index contributed by atoms with van der Waals surface area (Å²) >= 11 is 0. The number of carbonyl (C=O) groups is 2. The number of hydrogen-bond donors (Lipinski definition) is 4. The Morgan fingerprint density at radius 1 is 1.33 bits per heavy atom. The van der Waals surface area contributed by atoms with E-state index < -0.39 is 31.8 Å². The SMILES string of the molecule is CCC(CC(=O)O)(OP(=O)(O)O)C(=O)O. The predicted molar refractivity (Wildman–Crippen MR) is 46.0 cm³/mol. The molecule has 0 heterocycles. The molecule has 1 unspecified atom stereocenters. The normalized spacial score (nSPS) is 15.7. The van der Waals surface area contributed by atoms with Crippen molar-refractivity contribution in [3.63, 3.8) is 0 Å². The predicted octanol–water partition coefficient (Wildman–Crippen LogP) is -0.196. The average molecular weight is 242 g/mol. The van der Waals surface area contributed by atoms with Gasteiger partial charge in [0.25, 0.3) is 0 Å². The number of phosphoric acid groups is 1. The Kier molecular flexibility index (Phi) is 4.42. The van der Waals surface area contributed by atoms with Gasteiger partial charge < -0.3 is 20.0 Å². The van der Waals surface area contributed by atoms with Crippen LogP contribution in [0.4, 0.5) is 0 Å². The Labute approximate surface area is 84.7 Å². The topological polar surface area (TPSA) is 141 Å². The van der Waals surface area contributed by atoms with E-state index in [4.69, 9.17) is 20.0 Å². The molecular formula is C6H11O8P. The van der Waals surface area contributed by atoms with Crippen molar-refractivity contribution in [1.29, 1.82) is 0 Å². The highest BCUT2D eigenvalue weighted by Gasteiger charge is 2.45. The van der Waals surface area contributed by atoms with Crippen LogP contribution >= 0.6 is 7.82 Å². The van der Waals surface area contributed by atoms with Crippen molar-refractivity contribution in [1.82, 2.24) is 0 Å². The Morgan fingerprint density at radius 2 is 1.80 bits per heavy atom. The zero-order valence-electron chi connectivity index (χ0n) is 7.78. The van der Waals surface area contributed by atoms with E-state index in [2.05, 4.69) is 4.52 Å². The maximum atomic E-state index is 10.7. The summed E-state index contributed by atoms with van der Waals surface area (Å²) in [6, 6.07) is 0. The van der Waals surface area contributed by atoms with Crippen molar-refractivity contribution in [2.45, 2.75) is 25.4 Å². The lowest BCUT2D eigenvalue weighted by molar-refractivity contribution is -0.164. The number of phosphoric ester groups is 1. The zero-order chi connectivity index (χ0) is 12.3. The Bertz CT molecular complexity index is 306. The van der Waals surface area contributed by atoms with E-state index in [1.54, 1.807) is 0 Å². The summed E-state index contributed by atoms with van der Waals surface area (Å²) in [5.74, 6) is -3.25. The van der Waals surface area contributed by atoms with E-state index in [9.17, 15) is 14.2 Å². The molecule has 0 aromatic rings. The van der Waals surface area contributed by atoms with Gasteiger partial charge in [-0.25, -0.2) is 9.36 Å². The van der Waals surface area contributed by atoms with Crippen LogP contribution in [0.5, 0.6) is 0 Å². The van der Waals surface area contributed by atoms with Crippen molar-refractivity contribution in [3.05, 3.63) is 0 Å². The summed E-state index contributed by atoms with van der Waals surface area (Å²) < 4.78 is 14.5. The summed E-state index contributed by atoms with van der Waals surface area (Å²) in [5, 5.41) is 17.1. The first-order chi connectivity index (χ1) is 6.63. The number of carboxylic acids is 2. The largest absolute Gasteiger partial charge is 0.481 e. The van der Waals surface area contributed by atoms with Gasteiger partial charge in [-0.2, -0.15) is 0 Å². The molecule has 0 amide bonds. The van der Waals surface area contributed by atoms with Crippen LogP contribution in [0.2, 0.25) is 0 Å². The second-order valence-electron chi connectivity index (χ2n) is 2.81. The van der Waals surface area contributed by atoms with Crippen LogP contribution in [0.1, 0.15) is 19.8 Å². The first kappa shape index (κ1) is 14.1. The second kappa shape index (κ2) is 4.71. The van der Waals surface area contributed by atoms with Gasteiger partial charge in [-0.3, -0.25) is 9.32 Å². The van der Waals surface area contributed by atoms with E-state index in [1.165, 1.54) is 6.92 Å². The minimum Gasteiger partial charge on any atom is -0.481 e. The highest BCUT2D eigenvalue weighted by molar-refractivity contribution is 7.46. The van der Waals surface area contributed by atoms with Crippen LogP contribution in [0, 0.1) is 0 Å². The fourth-order valence-corrected chi connectivity index (χ4v) is 1.69. The lowest BCUT2D eigenvalue weighted by Gasteiger charge is -2.26. The molecule has 1 atom stereocenters. The number of hydrogen-bond acceptors (Lipinski definition) is 4. The third kappa shape index (κ3) is 4.39.